The number of hydrogen-bond donors (Lipinski definition) is 1. The summed E-state index contributed by atoms with van der Waals surface area (Å²) in [5.74, 6) is -0.449. The Morgan fingerprint density at radius 1 is 1.18 bits per heavy atom. The van der Waals surface area contributed by atoms with Crippen LogP contribution in [0.5, 0.6) is 0 Å². The van der Waals surface area contributed by atoms with Crippen molar-refractivity contribution in [3.05, 3.63) is 64.1 Å². The van der Waals surface area contributed by atoms with Gasteiger partial charge in [0.2, 0.25) is 5.91 Å². The van der Waals surface area contributed by atoms with Gasteiger partial charge in [-0.05, 0) is 93.3 Å². The molecule has 1 atom stereocenters. The maximum Gasteiger partial charge on any atom is 0.294 e. The Labute approximate surface area is 205 Å². The Morgan fingerprint density at radius 3 is 2.56 bits per heavy atom. The summed E-state index contributed by atoms with van der Waals surface area (Å²) in [4.78, 5) is 41.6. The van der Waals surface area contributed by atoms with Crippen molar-refractivity contribution in [1.29, 1.82) is 0 Å². The smallest absolute Gasteiger partial charge is 0.294 e. The van der Waals surface area contributed by atoms with Crippen LogP contribution in [-0.2, 0) is 9.59 Å². The molecule has 2 heterocycles. The van der Waals surface area contributed by atoms with Crippen molar-refractivity contribution in [1.82, 2.24) is 4.90 Å². The molecule has 0 spiro atoms. The van der Waals surface area contributed by atoms with E-state index >= 15 is 0 Å². The van der Waals surface area contributed by atoms with Crippen LogP contribution in [-0.4, -0.2) is 40.6 Å². The summed E-state index contributed by atoms with van der Waals surface area (Å²) in [5.41, 5.74) is 5.17. The molecule has 2 aromatic rings. The minimum Gasteiger partial charge on any atom is -0.366 e. The molecule has 0 aliphatic carbocycles. The lowest BCUT2D eigenvalue weighted by Crippen LogP contribution is -2.48. The van der Waals surface area contributed by atoms with Gasteiger partial charge in [0.05, 0.1) is 4.91 Å². The lowest BCUT2D eigenvalue weighted by molar-refractivity contribution is -0.127. The summed E-state index contributed by atoms with van der Waals surface area (Å²) in [5, 5.41) is 2.31. The number of hydrogen-bond acceptors (Lipinski definition) is 5. The molecule has 2 aliphatic heterocycles. The fraction of sp³-hybridized carbons (Fsp3) is 0.370. The van der Waals surface area contributed by atoms with Crippen LogP contribution < -0.4 is 10.2 Å². The maximum absolute atomic E-state index is 12.9. The predicted octanol–water partition coefficient (Wildman–Crippen LogP) is 5.78. The Morgan fingerprint density at radius 2 is 1.88 bits per heavy atom. The largest absolute Gasteiger partial charge is 0.366 e. The first kappa shape index (κ1) is 24.1. The predicted molar refractivity (Wildman–Crippen MR) is 139 cm³/mol. The number of carbonyl (C=O) groups excluding carboxylic acids is 3. The molecule has 2 aromatic carbocycles. The molecule has 2 aliphatic rings. The van der Waals surface area contributed by atoms with Crippen LogP contribution in [0.15, 0.2) is 47.4 Å². The normalized spacial score (nSPS) is 20.6. The molecule has 178 valence electrons. The molecular weight excluding hydrogens is 446 g/mol. The summed E-state index contributed by atoms with van der Waals surface area (Å²) < 4.78 is 0. The molecule has 3 amide bonds. The maximum atomic E-state index is 12.9. The Balaban J connectivity index is 1.50. The van der Waals surface area contributed by atoms with E-state index in [1.807, 2.05) is 25.1 Å². The van der Waals surface area contributed by atoms with Crippen molar-refractivity contribution >= 4 is 46.3 Å². The molecule has 1 N–H and O–H groups in total. The Hall–Kier alpha value is -3.06. The third-order valence-corrected chi connectivity index (χ3v) is 7.44. The third-order valence-electron chi connectivity index (χ3n) is 6.53. The number of carbonyl (C=O) groups is 3. The van der Waals surface area contributed by atoms with Crippen molar-refractivity contribution in [2.45, 2.75) is 52.5 Å². The van der Waals surface area contributed by atoms with E-state index in [0.717, 1.165) is 40.8 Å². The van der Waals surface area contributed by atoms with E-state index in [-0.39, 0.29) is 12.1 Å². The zero-order valence-corrected chi connectivity index (χ0v) is 21.2. The minimum absolute atomic E-state index is 0.0878. The first-order valence-corrected chi connectivity index (χ1v) is 12.4. The second kappa shape index (κ2) is 9.29. The number of thioether (sulfide) groups is 1. The number of anilines is 2. The highest BCUT2D eigenvalue weighted by atomic mass is 32.2. The van der Waals surface area contributed by atoms with E-state index in [9.17, 15) is 14.4 Å². The molecular formula is C27H31N3O3S. The molecule has 6 nitrogen and oxygen atoms in total. The lowest BCUT2D eigenvalue weighted by Gasteiger charge is -2.47. The second-order valence-corrected chi connectivity index (χ2v) is 10.7. The summed E-state index contributed by atoms with van der Waals surface area (Å²) in [6, 6.07) is 13.6. The summed E-state index contributed by atoms with van der Waals surface area (Å²) >= 11 is 0.878. The number of rotatable bonds is 5. The van der Waals surface area contributed by atoms with Gasteiger partial charge in [-0.25, -0.2) is 0 Å². The lowest BCUT2D eigenvalue weighted by atomic mass is 9.79. The third kappa shape index (κ3) is 4.75. The van der Waals surface area contributed by atoms with Gasteiger partial charge in [0.15, 0.2) is 0 Å². The van der Waals surface area contributed by atoms with E-state index < -0.39 is 17.1 Å². The number of benzene rings is 2. The minimum atomic E-state index is -0.434. The van der Waals surface area contributed by atoms with Gasteiger partial charge in [-0.2, -0.15) is 0 Å². The molecule has 34 heavy (non-hydrogen) atoms. The van der Waals surface area contributed by atoms with E-state index in [0.29, 0.717) is 16.5 Å². The van der Waals surface area contributed by atoms with Crippen molar-refractivity contribution in [3.63, 3.8) is 0 Å². The SMILES string of the molecule is CCN1c2ccc(/C=C3\SC(=O)N(CC(=O)Nc4ccc(C)cc4)C3=O)cc2[C@@H](C)CC1(C)C. The van der Waals surface area contributed by atoms with Crippen molar-refractivity contribution < 1.29 is 14.4 Å². The topological polar surface area (TPSA) is 69.7 Å². The fourth-order valence-corrected chi connectivity index (χ4v) is 5.80. The van der Waals surface area contributed by atoms with E-state index in [1.165, 1.54) is 11.3 Å². The molecule has 7 heteroatoms. The van der Waals surface area contributed by atoms with Crippen LogP contribution in [0.25, 0.3) is 6.08 Å². The van der Waals surface area contributed by atoms with Gasteiger partial charge < -0.3 is 10.2 Å². The molecule has 4 rings (SSSR count). The highest BCUT2D eigenvalue weighted by Crippen LogP contribution is 2.44. The van der Waals surface area contributed by atoms with Gasteiger partial charge >= 0.3 is 0 Å². The molecule has 1 saturated heterocycles. The van der Waals surface area contributed by atoms with Crippen LogP contribution in [0.2, 0.25) is 0 Å². The molecule has 1 fully saturated rings. The quantitative estimate of drug-likeness (QED) is 0.553. The van der Waals surface area contributed by atoms with Crippen molar-refractivity contribution in [3.8, 4) is 0 Å². The molecule has 0 aromatic heterocycles. The number of aryl methyl sites for hydroxylation is 1. The average molecular weight is 478 g/mol. The molecule has 0 bridgehead atoms. The van der Waals surface area contributed by atoms with Crippen LogP contribution in [0.1, 0.15) is 56.7 Å². The number of amides is 3. The zero-order chi connectivity index (χ0) is 24.6. The number of nitrogens with one attached hydrogen (secondary N) is 1. The van der Waals surface area contributed by atoms with Crippen LogP contribution in [0.3, 0.4) is 0 Å². The summed E-state index contributed by atoms with van der Waals surface area (Å²) in [7, 11) is 0. The average Bonchev–Trinajstić information content (AvgIpc) is 3.02. The van der Waals surface area contributed by atoms with Gasteiger partial charge in [-0.15, -0.1) is 0 Å². The van der Waals surface area contributed by atoms with Crippen molar-refractivity contribution in [2.75, 3.05) is 23.3 Å². The van der Waals surface area contributed by atoms with Gasteiger partial charge in [-0.1, -0.05) is 30.7 Å². The monoisotopic (exact) mass is 477 g/mol. The van der Waals surface area contributed by atoms with Gasteiger partial charge in [0.25, 0.3) is 11.1 Å². The Bertz CT molecular complexity index is 1170. The fourth-order valence-electron chi connectivity index (χ4n) is 4.97. The highest BCUT2D eigenvalue weighted by Gasteiger charge is 2.37. The highest BCUT2D eigenvalue weighted by molar-refractivity contribution is 8.18. The summed E-state index contributed by atoms with van der Waals surface area (Å²) in [6.45, 7) is 11.5. The van der Waals surface area contributed by atoms with Crippen LogP contribution in [0, 0.1) is 6.92 Å². The van der Waals surface area contributed by atoms with E-state index in [2.05, 4.69) is 50.0 Å². The van der Waals surface area contributed by atoms with E-state index in [4.69, 9.17) is 0 Å². The van der Waals surface area contributed by atoms with Gasteiger partial charge in [-0.3, -0.25) is 19.3 Å². The van der Waals surface area contributed by atoms with Crippen LogP contribution >= 0.6 is 11.8 Å². The van der Waals surface area contributed by atoms with Gasteiger partial charge in [0, 0.05) is 23.5 Å². The van der Waals surface area contributed by atoms with Gasteiger partial charge in [0.1, 0.15) is 6.54 Å². The first-order valence-electron chi connectivity index (χ1n) is 11.6. The van der Waals surface area contributed by atoms with Crippen LogP contribution in [0.4, 0.5) is 16.2 Å². The second-order valence-electron chi connectivity index (χ2n) is 9.66. The number of nitrogens with zero attached hydrogens (tertiary/aromatic N) is 2. The number of fused-ring (bicyclic) bond motifs is 1. The molecule has 0 saturated carbocycles. The zero-order valence-electron chi connectivity index (χ0n) is 20.3. The Kier molecular flexibility index (Phi) is 6.58. The van der Waals surface area contributed by atoms with E-state index in [1.54, 1.807) is 18.2 Å². The standard InChI is InChI=1S/C27H31N3O3S/c1-6-30-22-12-9-19(13-21(22)18(3)15-27(30,4)5)14-23-25(32)29(26(33)34-23)16-24(31)28-20-10-7-17(2)8-11-20/h7-14,18H,6,15-16H2,1-5H3,(H,28,31)/b23-14-/t18-/m0/s1. The molecule has 0 unspecified atom stereocenters. The number of imide groups is 1. The van der Waals surface area contributed by atoms with Crippen molar-refractivity contribution in [2.24, 2.45) is 0 Å². The summed E-state index contributed by atoms with van der Waals surface area (Å²) in [6.07, 6.45) is 2.80. The molecule has 0 radical (unpaired) electrons. The first-order chi connectivity index (χ1) is 16.1.